The minimum atomic E-state index is -0.0698. The van der Waals surface area contributed by atoms with Crippen molar-refractivity contribution in [2.45, 2.75) is 13.0 Å². The molecule has 1 amide bonds. The molecule has 0 saturated heterocycles. The van der Waals surface area contributed by atoms with Crippen LogP contribution in [0.1, 0.15) is 11.3 Å². The molecule has 0 aliphatic heterocycles. The van der Waals surface area contributed by atoms with Crippen molar-refractivity contribution in [1.29, 1.82) is 0 Å². The van der Waals surface area contributed by atoms with Crippen molar-refractivity contribution < 1.29 is 4.79 Å². The van der Waals surface area contributed by atoms with E-state index in [0.29, 0.717) is 16.7 Å². The summed E-state index contributed by atoms with van der Waals surface area (Å²) in [4.78, 5) is 20.6. The molecule has 7 heteroatoms. The van der Waals surface area contributed by atoms with E-state index in [4.69, 9.17) is 11.6 Å². The Morgan fingerprint density at radius 1 is 1.17 bits per heavy atom. The number of hydrogen-bond acceptors (Lipinski definition) is 5. The second-order valence-corrected chi connectivity index (χ2v) is 6.36. The van der Waals surface area contributed by atoms with Gasteiger partial charge in [0, 0.05) is 23.1 Å². The van der Waals surface area contributed by atoms with E-state index < -0.39 is 0 Å². The number of rotatable bonds is 6. The van der Waals surface area contributed by atoms with Gasteiger partial charge in [0.25, 0.3) is 0 Å². The molecule has 0 aliphatic rings. The zero-order valence-corrected chi connectivity index (χ0v) is 14.3. The van der Waals surface area contributed by atoms with Crippen LogP contribution >= 0.6 is 22.9 Å². The van der Waals surface area contributed by atoms with E-state index >= 15 is 0 Å². The minimum absolute atomic E-state index is 0.0698. The third kappa shape index (κ3) is 4.78. The molecular formula is C17H15ClN4OS. The average molecular weight is 359 g/mol. The molecule has 5 nitrogen and oxygen atoms in total. The molecule has 1 aromatic carbocycles. The molecule has 0 bridgehead atoms. The first-order chi connectivity index (χ1) is 11.7. The quantitative estimate of drug-likeness (QED) is 0.703. The summed E-state index contributed by atoms with van der Waals surface area (Å²) in [6.07, 6.45) is 1.95. The predicted octanol–water partition coefficient (Wildman–Crippen LogP) is 3.79. The molecular weight excluding hydrogens is 344 g/mol. The summed E-state index contributed by atoms with van der Waals surface area (Å²) in [6.45, 7) is 0.471. The van der Waals surface area contributed by atoms with Crippen LogP contribution in [0.2, 0.25) is 5.02 Å². The number of anilines is 2. The van der Waals surface area contributed by atoms with Gasteiger partial charge >= 0.3 is 0 Å². The first kappa shape index (κ1) is 16.4. The Labute approximate surface area is 148 Å². The SMILES string of the molecule is O=C(Cc1csc(Nc2ccccn2)n1)NCc1ccc(Cl)cc1. The fourth-order valence-corrected chi connectivity index (χ4v) is 2.86. The summed E-state index contributed by atoms with van der Waals surface area (Å²) < 4.78 is 0. The molecule has 0 spiro atoms. The van der Waals surface area contributed by atoms with Crippen molar-refractivity contribution in [2.75, 3.05) is 5.32 Å². The van der Waals surface area contributed by atoms with E-state index in [-0.39, 0.29) is 12.3 Å². The zero-order valence-electron chi connectivity index (χ0n) is 12.7. The molecule has 3 rings (SSSR count). The van der Waals surface area contributed by atoms with Crippen molar-refractivity contribution in [1.82, 2.24) is 15.3 Å². The van der Waals surface area contributed by atoms with Gasteiger partial charge < -0.3 is 10.6 Å². The molecule has 2 N–H and O–H groups in total. The van der Waals surface area contributed by atoms with E-state index in [2.05, 4.69) is 20.6 Å². The number of nitrogens with zero attached hydrogens (tertiary/aromatic N) is 2. The molecule has 0 fully saturated rings. The minimum Gasteiger partial charge on any atom is -0.352 e. The van der Waals surface area contributed by atoms with Gasteiger partial charge in [-0.15, -0.1) is 11.3 Å². The summed E-state index contributed by atoms with van der Waals surface area (Å²) in [7, 11) is 0. The lowest BCUT2D eigenvalue weighted by molar-refractivity contribution is -0.120. The van der Waals surface area contributed by atoms with Gasteiger partial charge in [0.05, 0.1) is 12.1 Å². The Kier molecular flexibility index (Phi) is 5.40. The van der Waals surface area contributed by atoms with Crippen molar-refractivity contribution in [2.24, 2.45) is 0 Å². The smallest absolute Gasteiger partial charge is 0.226 e. The third-order valence-electron chi connectivity index (χ3n) is 3.20. The summed E-state index contributed by atoms with van der Waals surface area (Å²) in [5.74, 6) is 0.658. The van der Waals surface area contributed by atoms with Crippen LogP contribution in [0.3, 0.4) is 0 Å². The lowest BCUT2D eigenvalue weighted by Gasteiger charge is -2.04. The number of pyridine rings is 1. The Bertz CT molecular complexity index is 805. The van der Waals surface area contributed by atoms with Crippen LogP contribution in [0, 0.1) is 0 Å². The zero-order chi connectivity index (χ0) is 16.8. The van der Waals surface area contributed by atoms with Gasteiger partial charge in [-0.1, -0.05) is 29.8 Å². The molecule has 2 heterocycles. The maximum atomic E-state index is 12.0. The molecule has 0 unspecified atom stereocenters. The molecule has 0 aliphatic carbocycles. The van der Waals surface area contributed by atoms with E-state index in [1.165, 1.54) is 11.3 Å². The molecule has 3 aromatic rings. The van der Waals surface area contributed by atoms with Crippen molar-refractivity contribution in [3.8, 4) is 0 Å². The van der Waals surface area contributed by atoms with Gasteiger partial charge in [0.15, 0.2) is 5.13 Å². The molecule has 0 atom stereocenters. The van der Waals surface area contributed by atoms with Crippen LogP contribution in [0.25, 0.3) is 0 Å². The highest BCUT2D eigenvalue weighted by molar-refractivity contribution is 7.13. The normalized spacial score (nSPS) is 10.4. The summed E-state index contributed by atoms with van der Waals surface area (Å²) in [6, 6.07) is 13.0. The van der Waals surface area contributed by atoms with Crippen LogP contribution in [0.4, 0.5) is 10.9 Å². The maximum absolute atomic E-state index is 12.0. The van der Waals surface area contributed by atoms with Crippen LogP contribution in [0.5, 0.6) is 0 Å². The van der Waals surface area contributed by atoms with Crippen molar-refractivity contribution in [3.63, 3.8) is 0 Å². The van der Waals surface area contributed by atoms with Gasteiger partial charge in [0.2, 0.25) is 5.91 Å². The highest BCUT2D eigenvalue weighted by atomic mass is 35.5. The highest BCUT2D eigenvalue weighted by Crippen LogP contribution is 2.19. The van der Waals surface area contributed by atoms with Crippen LogP contribution < -0.4 is 10.6 Å². The second kappa shape index (κ2) is 7.90. The number of thiazole rings is 1. The van der Waals surface area contributed by atoms with E-state index in [9.17, 15) is 4.79 Å². The van der Waals surface area contributed by atoms with Crippen molar-refractivity contribution in [3.05, 3.63) is 70.3 Å². The predicted molar refractivity (Wildman–Crippen MR) is 96.6 cm³/mol. The number of amides is 1. The van der Waals surface area contributed by atoms with Gasteiger partial charge in [-0.2, -0.15) is 0 Å². The summed E-state index contributed by atoms with van der Waals surface area (Å²) >= 11 is 7.28. The van der Waals surface area contributed by atoms with Gasteiger partial charge in [-0.05, 0) is 29.8 Å². The van der Waals surface area contributed by atoms with E-state index in [1.54, 1.807) is 18.3 Å². The number of carbonyl (C=O) groups is 1. The fraction of sp³-hybridized carbons (Fsp3) is 0.118. The summed E-state index contributed by atoms with van der Waals surface area (Å²) in [5.41, 5.74) is 1.73. The van der Waals surface area contributed by atoms with Crippen LogP contribution in [-0.2, 0) is 17.8 Å². The van der Waals surface area contributed by atoms with E-state index in [1.807, 2.05) is 35.7 Å². The third-order valence-corrected chi connectivity index (χ3v) is 4.25. The number of hydrogen-bond donors (Lipinski definition) is 2. The number of carbonyl (C=O) groups excluding carboxylic acids is 1. The van der Waals surface area contributed by atoms with E-state index in [0.717, 1.165) is 17.1 Å². The van der Waals surface area contributed by atoms with Gasteiger partial charge in [-0.3, -0.25) is 4.79 Å². The molecule has 0 saturated carbocycles. The van der Waals surface area contributed by atoms with Crippen LogP contribution in [0.15, 0.2) is 54.0 Å². The Morgan fingerprint density at radius 3 is 2.75 bits per heavy atom. The number of nitrogens with one attached hydrogen (secondary N) is 2. The Morgan fingerprint density at radius 2 is 2.00 bits per heavy atom. The van der Waals surface area contributed by atoms with Crippen molar-refractivity contribution >= 4 is 39.8 Å². The Hall–Kier alpha value is -2.44. The number of halogens is 1. The van der Waals surface area contributed by atoms with Crippen LogP contribution in [-0.4, -0.2) is 15.9 Å². The maximum Gasteiger partial charge on any atom is 0.226 e. The molecule has 0 radical (unpaired) electrons. The fourth-order valence-electron chi connectivity index (χ4n) is 2.02. The largest absolute Gasteiger partial charge is 0.352 e. The Balaban J connectivity index is 1.50. The first-order valence-electron chi connectivity index (χ1n) is 7.32. The topological polar surface area (TPSA) is 66.9 Å². The molecule has 122 valence electrons. The van der Waals surface area contributed by atoms with Gasteiger partial charge in [0.1, 0.15) is 5.82 Å². The second-order valence-electron chi connectivity index (χ2n) is 5.06. The first-order valence-corrected chi connectivity index (χ1v) is 8.58. The standard InChI is InChI=1S/C17H15ClN4OS/c18-13-6-4-12(5-7-13)10-20-16(23)9-14-11-24-17(21-14)22-15-3-1-2-8-19-15/h1-8,11H,9-10H2,(H,20,23)(H,19,21,22). The number of benzene rings is 1. The average Bonchev–Trinajstić information content (AvgIpc) is 3.02. The van der Waals surface area contributed by atoms with Gasteiger partial charge in [-0.25, -0.2) is 9.97 Å². The number of aromatic nitrogens is 2. The monoisotopic (exact) mass is 358 g/mol. The lowest BCUT2D eigenvalue weighted by atomic mass is 10.2. The molecule has 24 heavy (non-hydrogen) atoms. The summed E-state index contributed by atoms with van der Waals surface area (Å²) in [5, 5.41) is 9.25. The lowest BCUT2D eigenvalue weighted by Crippen LogP contribution is -2.24. The highest BCUT2D eigenvalue weighted by Gasteiger charge is 2.08. The molecule has 2 aromatic heterocycles.